The van der Waals surface area contributed by atoms with Crippen LogP contribution in [-0.2, 0) is 13.6 Å². The predicted molar refractivity (Wildman–Crippen MR) is 140 cm³/mol. The zero-order chi connectivity index (χ0) is 25.2. The van der Waals surface area contributed by atoms with E-state index in [0.717, 1.165) is 28.4 Å². The van der Waals surface area contributed by atoms with Crippen molar-refractivity contribution in [1.82, 2.24) is 13.9 Å². The monoisotopic (exact) mass is 502 g/mol. The van der Waals surface area contributed by atoms with Crippen LogP contribution in [0.4, 0.5) is 5.69 Å². The van der Waals surface area contributed by atoms with Gasteiger partial charge in [-0.1, -0.05) is 18.2 Å². The molecule has 3 heterocycles. The van der Waals surface area contributed by atoms with Crippen LogP contribution in [0.15, 0.2) is 86.5 Å². The van der Waals surface area contributed by atoms with E-state index < -0.39 is 0 Å². The standard InChI is InChI=1S/C27H26N4O4S/c1-18-25(26(32)31(29(18)2)19-9-6-5-7-10-19)28-27-30(16-21-11-8-14-35-21)23(17-36-27)22-13-12-20(33-3)15-24(22)34-4/h5-15,17H,16H2,1-4H3. The smallest absolute Gasteiger partial charge is 0.297 e. The molecule has 0 N–H and O–H groups in total. The fourth-order valence-corrected chi connectivity index (χ4v) is 5.04. The Kier molecular flexibility index (Phi) is 6.39. The van der Waals surface area contributed by atoms with Gasteiger partial charge in [0.1, 0.15) is 17.3 Å². The number of benzene rings is 2. The van der Waals surface area contributed by atoms with Gasteiger partial charge < -0.3 is 18.5 Å². The molecule has 8 nitrogen and oxygen atoms in total. The van der Waals surface area contributed by atoms with E-state index in [1.165, 1.54) is 11.3 Å². The maximum Gasteiger partial charge on any atom is 0.297 e. The summed E-state index contributed by atoms with van der Waals surface area (Å²) in [5.41, 5.74) is 3.55. The number of aromatic nitrogens is 3. The van der Waals surface area contributed by atoms with Gasteiger partial charge in [-0.15, -0.1) is 11.3 Å². The minimum absolute atomic E-state index is 0.178. The van der Waals surface area contributed by atoms with Crippen molar-refractivity contribution in [2.75, 3.05) is 14.2 Å². The molecule has 0 fully saturated rings. The second kappa shape index (κ2) is 9.79. The van der Waals surface area contributed by atoms with E-state index in [4.69, 9.17) is 18.9 Å². The highest BCUT2D eigenvalue weighted by Gasteiger charge is 2.18. The molecule has 0 amide bonds. The molecule has 0 atom stereocenters. The Bertz CT molecular complexity index is 1620. The molecule has 0 aliphatic rings. The molecule has 9 heteroatoms. The van der Waals surface area contributed by atoms with Gasteiger partial charge in [0.2, 0.25) is 0 Å². The van der Waals surface area contributed by atoms with Gasteiger partial charge in [-0.05, 0) is 43.3 Å². The summed E-state index contributed by atoms with van der Waals surface area (Å²) in [7, 11) is 5.12. The van der Waals surface area contributed by atoms with Gasteiger partial charge in [-0.25, -0.2) is 9.67 Å². The van der Waals surface area contributed by atoms with Crippen molar-refractivity contribution in [3.8, 4) is 28.4 Å². The van der Waals surface area contributed by atoms with E-state index >= 15 is 0 Å². The van der Waals surface area contributed by atoms with Crippen LogP contribution in [0.1, 0.15) is 11.5 Å². The first-order chi connectivity index (χ1) is 17.5. The van der Waals surface area contributed by atoms with Crippen LogP contribution in [0.2, 0.25) is 0 Å². The zero-order valence-corrected chi connectivity index (χ0v) is 21.3. The summed E-state index contributed by atoms with van der Waals surface area (Å²) >= 11 is 1.46. The number of rotatable bonds is 7. The van der Waals surface area contributed by atoms with Gasteiger partial charge in [0.05, 0.1) is 44.1 Å². The van der Waals surface area contributed by atoms with Crippen LogP contribution >= 0.6 is 11.3 Å². The van der Waals surface area contributed by atoms with E-state index in [-0.39, 0.29) is 5.56 Å². The van der Waals surface area contributed by atoms with Crippen LogP contribution < -0.4 is 19.8 Å². The van der Waals surface area contributed by atoms with Gasteiger partial charge in [-0.3, -0.25) is 9.48 Å². The lowest BCUT2D eigenvalue weighted by Gasteiger charge is -2.12. The Labute approximate surface area is 211 Å². The van der Waals surface area contributed by atoms with Gasteiger partial charge in [-0.2, -0.15) is 0 Å². The second-order valence-corrected chi connectivity index (χ2v) is 8.99. The Balaban J connectivity index is 1.71. The maximum atomic E-state index is 13.5. The van der Waals surface area contributed by atoms with Gasteiger partial charge >= 0.3 is 0 Å². The molecular weight excluding hydrogens is 476 g/mol. The number of ether oxygens (including phenoxy) is 2. The molecule has 2 aromatic carbocycles. The largest absolute Gasteiger partial charge is 0.497 e. The minimum atomic E-state index is -0.178. The molecule has 0 aliphatic carbocycles. The minimum Gasteiger partial charge on any atom is -0.497 e. The van der Waals surface area contributed by atoms with Crippen molar-refractivity contribution >= 4 is 17.0 Å². The van der Waals surface area contributed by atoms with E-state index in [1.54, 1.807) is 25.2 Å². The molecule has 5 aromatic rings. The highest BCUT2D eigenvalue weighted by molar-refractivity contribution is 7.07. The number of thiazole rings is 1. The predicted octanol–water partition coefficient (Wildman–Crippen LogP) is 4.91. The Morgan fingerprint density at radius 3 is 2.53 bits per heavy atom. The van der Waals surface area contributed by atoms with Crippen molar-refractivity contribution in [2.45, 2.75) is 13.5 Å². The highest BCUT2D eigenvalue weighted by Crippen LogP contribution is 2.34. The lowest BCUT2D eigenvalue weighted by molar-refractivity contribution is 0.395. The number of nitrogens with zero attached hydrogens (tertiary/aromatic N) is 4. The molecule has 0 unspecified atom stereocenters. The summed E-state index contributed by atoms with van der Waals surface area (Å²) in [5.74, 6) is 2.15. The Morgan fingerprint density at radius 1 is 1.03 bits per heavy atom. The SMILES string of the molecule is COc1ccc(-c2csc(=Nc3c(C)n(C)n(-c4ccccc4)c3=O)n2Cc2ccco2)c(OC)c1. The van der Waals surface area contributed by atoms with E-state index in [2.05, 4.69) is 0 Å². The van der Waals surface area contributed by atoms with Crippen molar-refractivity contribution in [3.05, 3.63) is 98.9 Å². The quantitative estimate of drug-likeness (QED) is 0.317. The molecular formula is C27H26N4O4S. The first kappa shape index (κ1) is 23.5. The summed E-state index contributed by atoms with van der Waals surface area (Å²) in [6, 6.07) is 19.0. The van der Waals surface area contributed by atoms with Gasteiger partial charge in [0, 0.05) is 24.1 Å². The third-order valence-corrected chi connectivity index (χ3v) is 6.97. The number of hydrogen-bond acceptors (Lipinski definition) is 6. The van der Waals surface area contributed by atoms with E-state index in [0.29, 0.717) is 28.5 Å². The Morgan fingerprint density at radius 2 is 1.83 bits per heavy atom. The lowest BCUT2D eigenvalue weighted by Crippen LogP contribution is -2.20. The summed E-state index contributed by atoms with van der Waals surface area (Å²) in [5, 5.41) is 2.01. The maximum absolute atomic E-state index is 13.5. The molecule has 36 heavy (non-hydrogen) atoms. The number of para-hydroxylation sites is 1. The second-order valence-electron chi connectivity index (χ2n) is 8.16. The van der Waals surface area contributed by atoms with Crippen LogP contribution in [0, 0.1) is 6.92 Å². The molecule has 0 saturated heterocycles. The van der Waals surface area contributed by atoms with Crippen molar-refractivity contribution < 1.29 is 13.9 Å². The number of hydrogen-bond donors (Lipinski definition) is 0. The molecule has 3 aromatic heterocycles. The fourth-order valence-electron chi connectivity index (χ4n) is 4.13. The topological polar surface area (TPSA) is 75.8 Å². The molecule has 0 aliphatic heterocycles. The van der Waals surface area contributed by atoms with Crippen LogP contribution in [0.5, 0.6) is 11.5 Å². The first-order valence-electron chi connectivity index (χ1n) is 11.3. The average molecular weight is 503 g/mol. The van der Waals surface area contributed by atoms with Crippen LogP contribution in [0.25, 0.3) is 16.9 Å². The third kappa shape index (κ3) is 4.18. The first-order valence-corrected chi connectivity index (χ1v) is 12.2. The number of methoxy groups -OCH3 is 2. The summed E-state index contributed by atoms with van der Waals surface area (Å²) in [4.78, 5) is 19.0. The van der Waals surface area contributed by atoms with E-state index in [9.17, 15) is 4.79 Å². The average Bonchev–Trinajstić information content (AvgIpc) is 3.61. The molecule has 5 rings (SSSR count). The van der Waals surface area contributed by atoms with Crippen molar-refractivity contribution in [1.29, 1.82) is 0 Å². The molecule has 0 spiro atoms. The summed E-state index contributed by atoms with van der Waals surface area (Å²) in [6.45, 7) is 2.34. The van der Waals surface area contributed by atoms with Crippen LogP contribution in [-0.4, -0.2) is 28.2 Å². The van der Waals surface area contributed by atoms with Gasteiger partial charge in [0.15, 0.2) is 10.5 Å². The zero-order valence-electron chi connectivity index (χ0n) is 20.5. The third-order valence-electron chi connectivity index (χ3n) is 6.11. The fraction of sp³-hybridized carbons (Fsp3) is 0.185. The van der Waals surface area contributed by atoms with Crippen molar-refractivity contribution in [3.63, 3.8) is 0 Å². The highest BCUT2D eigenvalue weighted by atomic mass is 32.1. The summed E-state index contributed by atoms with van der Waals surface area (Å²) < 4.78 is 22.2. The Hall–Kier alpha value is -4.24. The number of furan rings is 1. The molecule has 184 valence electrons. The van der Waals surface area contributed by atoms with Crippen LogP contribution in [0.3, 0.4) is 0 Å². The molecule has 0 bridgehead atoms. The van der Waals surface area contributed by atoms with E-state index in [1.807, 2.05) is 89.3 Å². The lowest BCUT2D eigenvalue weighted by atomic mass is 10.1. The molecule has 0 saturated carbocycles. The van der Waals surface area contributed by atoms with Gasteiger partial charge in [0.25, 0.3) is 5.56 Å². The summed E-state index contributed by atoms with van der Waals surface area (Å²) in [6.07, 6.45) is 1.65. The molecule has 0 radical (unpaired) electrons. The normalized spacial score (nSPS) is 11.7. The van der Waals surface area contributed by atoms with Crippen molar-refractivity contribution in [2.24, 2.45) is 12.0 Å².